The summed E-state index contributed by atoms with van der Waals surface area (Å²) >= 11 is 0. The van der Waals surface area contributed by atoms with E-state index in [-0.39, 0.29) is 43.2 Å². The van der Waals surface area contributed by atoms with Crippen LogP contribution in [0.4, 0.5) is 0 Å². The number of esters is 3. The average Bonchev–Trinajstić information content (AvgIpc) is 3.39. The Morgan fingerprint density at radius 1 is 1.24 bits per heavy atom. The van der Waals surface area contributed by atoms with Crippen molar-refractivity contribution in [2.24, 2.45) is 34.0 Å². The molecule has 0 unspecified atom stereocenters. The fourth-order valence-corrected chi connectivity index (χ4v) is 9.16. The summed E-state index contributed by atoms with van der Waals surface area (Å²) in [5.41, 5.74) is 0.911. The lowest BCUT2D eigenvalue weighted by molar-refractivity contribution is -0.438. The van der Waals surface area contributed by atoms with Gasteiger partial charge in [-0.1, -0.05) is 26.3 Å². The molecule has 1 aromatic heterocycles. The van der Waals surface area contributed by atoms with E-state index in [0.29, 0.717) is 6.42 Å². The highest BCUT2D eigenvalue weighted by atomic mass is 16.6. The number of aliphatic hydroxyl groups is 1. The second-order valence-corrected chi connectivity index (χ2v) is 12.6. The van der Waals surface area contributed by atoms with E-state index in [9.17, 15) is 19.5 Å². The summed E-state index contributed by atoms with van der Waals surface area (Å²) in [4.78, 5) is 38.1. The number of allylic oxidation sites excluding steroid dienone is 1. The van der Waals surface area contributed by atoms with Gasteiger partial charge in [0.15, 0.2) is 5.79 Å². The number of carbonyl (C=O) groups is 3. The van der Waals surface area contributed by atoms with Crippen LogP contribution in [0, 0.1) is 34.0 Å². The highest BCUT2D eigenvalue weighted by Gasteiger charge is 2.79. The van der Waals surface area contributed by atoms with E-state index in [1.54, 1.807) is 12.5 Å². The monoisotopic (exact) mass is 528 g/mol. The van der Waals surface area contributed by atoms with Crippen molar-refractivity contribution < 1.29 is 42.9 Å². The number of ether oxygens (including phenoxy) is 4. The summed E-state index contributed by atoms with van der Waals surface area (Å²) in [7, 11) is 1.36. The third-order valence-corrected chi connectivity index (χ3v) is 10.9. The van der Waals surface area contributed by atoms with Crippen molar-refractivity contribution in [2.75, 3.05) is 13.7 Å². The Bertz CT molecular complexity index is 1220. The molecular formula is C29H36O9. The van der Waals surface area contributed by atoms with Gasteiger partial charge in [0.05, 0.1) is 38.6 Å². The van der Waals surface area contributed by atoms with Crippen LogP contribution >= 0.6 is 0 Å². The van der Waals surface area contributed by atoms with Crippen LogP contribution in [-0.2, 0) is 33.3 Å². The summed E-state index contributed by atoms with van der Waals surface area (Å²) < 4.78 is 28.6. The molecule has 3 aliphatic heterocycles. The van der Waals surface area contributed by atoms with Gasteiger partial charge in [-0.15, -0.1) is 0 Å². The number of methoxy groups -OCH3 is 1. The Hall–Kier alpha value is -2.65. The first-order chi connectivity index (χ1) is 17.9. The molecule has 1 N–H and O–H groups in total. The Morgan fingerprint density at radius 3 is 2.66 bits per heavy atom. The second kappa shape index (κ2) is 8.18. The largest absolute Gasteiger partial charge is 0.472 e. The zero-order chi connectivity index (χ0) is 27.3. The van der Waals surface area contributed by atoms with Crippen LogP contribution in [0.25, 0.3) is 0 Å². The molecule has 4 bridgehead atoms. The number of hydrogen-bond acceptors (Lipinski definition) is 9. The van der Waals surface area contributed by atoms with Gasteiger partial charge in [0.2, 0.25) is 0 Å². The third kappa shape index (κ3) is 3.09. The number of hydrogen-bond donors (Lipinski definition) is 1. The minimum atomic E-state index is -1.61. The van der Waals surface area contributed by atoms with E-state index in [0.717, 1.165) is 29.6 Å². The summed E-state index contributed by atoms with van der Waals surface area (Å²) in [6.45, 7) is 7.67. The van der Waals surface area contributed by atoms with Crippen LogP contribution in [0.15, 0.2) is 34.2 Å². The third-order valence-electron chi connectivity index (χ3n) is 10.9. The normalized spacial score (nSPS) is 45.1. The van der Waals surface area contributed by atoms with E-state index >= 15 is 0 Å². The number of cyclic esters (lactones) is 1. The van der Waals surface area contributed by atoms with Gasteiger partial charge in [-0.2, -0.15) is 0 Å². The maximum atomic E-state index is 13.0. The number of fused-ring (bicyclic) bond motifs is 3. The van der Waals surface area contributed by atoms with Crippen molar-refractivity contribution in [3.8, 4) is 0 Å². The van der Waals surface area contributed by atoms with Crippen molar-refractivity contribution in [2.45, 2.75) is 77.8 Å². The van der Waals surface area contributed by atoms with E-state index in [1.165, 1.54) is 14.0 Å². The summed E-state index contributed by atoms with van der Waals surface area (Å²) in [5, 5.41) is 12.4. The Balaban J connectivity index is 1.55. The zero-order valence-electron chi connectivity index (χ0n) is 22.6. The molecule has 6 aliphatic rings. The first kappa shape index (κ1) is 25.6. The smallest absolute Gasteiger partial charge is 0.310 e. The molecule has 9 heteroatoms. The minimum absolute atomic E-state index is 0.0652. The first-order valence-electron chi connectivity index (χ1n) is 13.4. The van der Waals surface area contributed by atoms with Crippen LogP contribution in [0.5, 0.6) is 0 Å². The van der Waals surface area contributed by atoms with Crippen molar-refractivity contribution in [1.82, 2.24) is 0 Å². The van der Waals surface area contributed by atoms with E-state index < -0.39 is 46.1 Å². The number of carbonyl (C=O) groups excluding carboxylic acids is 3. The average molecular weight is 529 g/mol. The van der Waals surface area contributed by atoms with E-state index in [4.69, 9.17) is 23.4 Å². The van der Waals surface area contributed by atoms with Crippen LogP contribution < -0.4 is 0 Å². The van der Waals surface area contributed by atoms with Crippen molar-refractivity contribution >= 4 is 17.9 Å². The standard InChI is InChI=1S/C29H36O9/c1-15(30)37-25-20-10-17-18(28(4)21(12-22(31)34-5)27(25,3)14-36-29(20,28)33)6-8-26(2)19(17)11-23(32)38-24(26)16-7-9-35-13-16/h7,9,13,18,20-21,24-25,33H,6,8,10-12,14H2,1-5H3/t18-,20-,21-,24-,25+,26+,27-,28+,29+/m0/s1. The summed E-state index contributed by atoms with van der Waals surface area (Å²) in [6, 6.07) is 1.83. The molecular weight excluding hydrogens is 492 g/mol. The molecule has 5 fully saturated rings. The zero-order valence-corrected chi connectivity index (χ0v) is 22.6. The van der Waals surface area contributed by atoms with Gasteiger partial charge in [0.1, 0.15) is 12.2 Å². The predicted octanol–water partition coefficient (Wildman–Crippen LogP) is 3.86. The van der Waals surface area contributed by atoms with Crippen molar-refractivity contribution in [3.05, 3.63) is 35.3 Å². The number of rotatable bonds is 4. The predicted molar refractivity (Wildman–Crippen MR) is 131 cm³/mol. The SMILES string of the molecule is COC(=O)C[C@H]1[C@]2(C)CO[C@]3(O)[C@@H](CC4=C5CC(=O)O[C@@H](c6ccoc6)[C@]5(C)CC[C@@H]4[C@]13C)[C@H]2OC(C)=O. The van der Waals surface area contributed by atoms with E-state index in [1.807, 2.05) is 19.9 Å². The summed E-state index contributed by atoms with van der Waals surface area (Å²) in [6.07, 6.45) is 4.17. The molecule has 2 saturated carbocycles. The molecule has 1 aromatic rings. The fourth-order valence-electron chi connectivity index (χ4n) is 9.16. The maximum absolute atomic E-state index is 13.0. The van der Waals surface area contributed by atoms with Crippen LogP contribution in [0.1, 0.15) is 71.5 Å². The maximum Gasteiger partial charge on any atom is 0.310 e. The Morgan fingerprint density at radius 2 is 2.00 bits per heavy atom. The van der Waals surface area contributed by atoms with Gasteiger partial charge in [0, 0.05) is 35.2 Å². The molecule has 9 atom stereocenters. The molecule has 206 valence electrons. The van der Waals surface area contributed by atoms with Crippen molar-refractivity contribution in [3.63, 3.8) is 0 Å². The molecule has 0 amide bonds. The highest BCUT2D eigenvalue weighted by Crippen LogP contribution is 2.74. The highest BCUT2D eigenvalue weighted by molar-refractivity contribution is 5.76. The molecule has 4 heterocycles. The first-order valence-corrected chi connectivity index (χ1v) is 13.4. The molecule has 38 heavy (non-hydrogen) atoms. The number of furan rings is 1. The van der Waals surface area contributed by atoms with Gasteiger partial charge in [-0.05, 0) is 42.7 Å². The lowest BCUT2D eigenvalue weighted by Gasteiger charge is -2.74. The minimum Gasteiger partial charge on any atom is -0.472 e. The molecule has 0 radical (unpaired) electrons. The van der Waals surface area contributed by atoms with Gasteiger partial charge in [-0.3, -0.25) is 14.4 Å². The second-order valence-electron chi connectivity index (χ2n) is 12.6. The molecule has 3 aliphatic carbocycles. The molecule has 7 rings (SSSR count). The lowest BCUT2D eigenvalue weighted by atomic mass is 9.37. The van der Waals surface area contributed by atoms with Gasteiger partial charge < -0.3 is 28.5 Å². The van der Waals surface area contributed by atoms with Gasteiger partial charge >= 0.3 is 17.9 Å². The molecule has 9 nitrogen and oxygen atoms in total. The Kier molecular flexibility index (Phi) is 5.51. The Labute approximate surface area is 221 Å². The molecule has 3 saturated heterocycles. The van der Waals surface area contributed by atoms with Crippen LogP contribution in [0.3, 0.4) is 0 Å². The van der Waals surface area contributed by atoms with Crippen molar-refractivity contribution in [1.29, 1.82) is 0 Å². The molecule has 0 spiro atoms. The summed E-state index contributed by atoms with van der Waals surface area (Å²) in [5.74, 6) is -3.79. The van der Waals surface area contributed by atoms with Crippen LogP contribution in [-0.4, -0.2) is 48.6 Å². The molecule has 0 aromatic carbocycles. The van der Waals surface area contributed by atoms with Gasteiger partial charge in [-0.25, -0.2) is 0 Å². The van der Waals surface area contributed by atoms with E-state index in [2.05, 4.69) is 6.92 Å². The topological polar surface area (TPSA) is 122 Å². The van der Waals surface area contributed by atoms with Crippen LogP contribution in [0.2, 0.25) is 0 Å². The lowest BCUT2D eigenvalue weighted by Crippen LogP contribution is -2.80. The fraction of sp³-hybridized carbons (Fsp3) is 0.690. The quantitative estimate of drug-likeness (QED) is 0.353. The van der Waals surface area contributed by atoms with Gasteiger partial charge in [0.25, 0.3) is 0 Å².